The number of alkyl halides is 3. The molecule has 0 aliphatic carbocycles. The molecule has 1 saturated heterocycles. The minimum absolute atomic E-state index is 0.208. The maximum atomic E-state index is 13.5. The Balaban J connectivity index is 0.000000451. The van der Waals surface area contributed by atoms with Crippen molar-refractivity contribution in [1.29, 1.82) is 0 Å². The largest absolute Gasteiger partial charge is 0.490 e. The topological polar surface area (TPSA) is 69.6 Å². The lowest BCUT2D eigenvalue weighted by atomic mass is 9.95. The Bertz CT molecular complexity index is 943. The lowest BCUT2D eigenvalue weighted by Gasteiger charge is -2.23. The van der Waals surface area contributed by atoms with E-state index in [1.807, 2.05) is 31.2 Å². The molecule has 1 atom stereocenters. The van der Waals surface area contributed by atoms with E-state index in [-0.39, 0.29) is 5.91 Å². The van der Waals surface area contributed by atoms with Crippen molar-refractivity contribution in [3.8, 4) is 0 Å². The van der Waals surface area contributed by atoms with Gasteiger partial charge in [0.15, 0.2) is 11.6 Å². The van der Waals surface area contributed by atoms with E-state index in [9.17, 15) is 26.7 Å². The van der Waals surface area contributed by atoms with E-state index in [0.717, 1.165) is 49.4 Å². The number of carbonyl (C=O) groups is 2. The minimum atomic E-state index is -5.08. The standard InChI is InChI=1S/C20H22F2N2O.C2HF3O2/c1-2-15(14-9-10-16(21)17(22)13-14)20(25)23-18-7-3-4-8-19(18)24-11-5-6-12-24;3-2(4,5)1(6)7/h3-4,7-10,13,15H,2,5-6,11-12H2,1H3,(H,23,25);(H,6,7). The van der Waals surface area contributed by atoms with Crippen molar-refractivity contribution in [2.45, 2.75) is 38.3 Å². The molecule has 2 N–H and O–H groups in total. The number of hydrogen-bond donors (Lipinski definition) is 2. The van der Waals surface area contributed by atoms with Gasteiger partial charge in [0.25, 0.3) is 0 Å². The van der Waals surface area contributed by atoms with Crippen molar-refractivity contribution in [2.75, 3.05) is 23.3 Å². The first-order valence-corrected chi connectivity index (χ1v) is 9.94. The quantitative estimate of drug-likeness (QED) is 0.595. The molecular weight excluding hydrogens is 435 g/mol. The number of halogens is 5. The van der Waals surface area contributed by atoms with Crippen LogP contribution in [0.5, 0.6) is 0 Å². The minimum Gasteiger partial charge on any atom is -0.475 e. The maximum absolute atomic E-state index is 13.5. The molecule has 10 heteroatoms. The normalized spacial score (nSPS) is 14.4. The van der Waals surface area contributed by atoms with Gasteiger partial charge in [-0.3, -0.25) is 4.79 Å². The van der Waals surface area contributed by atoms with E-state index >= 15 is 0 Å². The lowest BCUT2D eigenvalue weighted by molar-refractivity contribution is -0.192. The summed E-state index contributed by atoms with van der Waals surface area (Å²) < 4.78 is 58.4. The number of nitrogens with zero attached hydrogens (tertiary/aromatic N) is 1. The molecule has 0 spiro atoms. The first-order chi connectivity index (χ1) is 15.0. The molecule has 2 aromatic rings. The number of carboxylic acids is 1. The van der Waals surface area contributed by atoms with Gasteiger partial charge in [-0.2, -0.15) is 13.2 Å². The van der Waals surface area contributed by atoms with Crippen LogP contribution in [0.4, 0.5) is 33.3 Å². The fraction of sp³-hybridized carbons (Fsp3) is 0.364. The van der Waals surface area contributed by atoms with Gasteiger partial charge in [0.1, 0.15) is 0 Å². The van der Waals surface area contributed by atoms with Crippen LogP contribution >= 0.6 is 0 Å². The molecule has 1 aliphatic rings. The van der Waals surface area contributed by atoms with Crippen LogP contribution in [0.25, 0.3) is 0 Å². The second-order valence-corrected chi connectivity index (χ2v) is 7.14. The van der Waals surface area contributed by atoms with Gasteiger partial charge >= 0.3 is 12.1 Å². The van der Waals surface area contributed by atoms with Crippen LogP contribution in [-0.4, -0.2) is 36.2 Å². The molecular formula is C22H23F5N2O3. The summed E-state index contributed by atoms with van der Waals surface area (Å²) in [4.78, 5) is 23.9. The van der Waals surface area contributed by atoms with Gasteiger partial charge < -0.3 is 15.3 Å². The summed E-state index contributed by atoms with van der Waals surface area (Å²) in [5.74, 6) is -5.33. The van der Waals surface area contributed by atoms with Gasteiger partial charge in [0.2, 0.25) is 5.91 Å². The molecule has 5 nitrogen and oxygen atoms in total. The number of amides is 1. The van der Waals surface area contributed by atoms with Crippen molar-refractivity contribution < 1.29 is 36.6 Å². The Morgan fingerprint density at radius 1 is 1.06 bits per heavy atom. The maximum Gasteiger partial charge on any atom is 0.490 e. The number of anilines is 2. The molecule has 0 aromatic heterocycles. The zero-order chi connectivity index (χ0) is 23.9. The van der Waals surface area contributed by atoms with E-state index in [0.29, 0.717) is 12.0 Å². The fourth-order valence-corrected chi connectivity index (χ4v) is 3.33. The van der Waals surface area contributed by atoms with Gasteiger partial charge in [-0.05, 0) is 49.1 Å². The first kappa shape index (κ1) is 25.1. The van der Waals surface area contributed by atoms with Gasteiger partial charge in [0, 0.05) is 13.1 Å². The zero-order valence-electron chi connectivity index (χ0n) is 17.3. The summed E-state index contributed by atoms with van der Waals surface area (Å²) in [5.41, 5.74) is 2.25. The summed E-state index contributed by atoms with van der Waals surface area (Å²) in [6.07, 6.45) is -2.29. The molecule has 3 rings (SSSR count). The fourth-order valence-electron chi connectivity index (χ4n) is 3.33. The SMILES string of the molecule is CCC(C(=O)Nc1ccccc1N1CCCC1)c1ccc(F)c(F)c1.O=C(O)C(F)(F)F. The molecule has 32 heavy (non-hydrogen) atoms. The van der Waals surface area contributed by atoms with Crippen molar-refractivity contribution in [3.05, 3.63) is 59.7 Å². The molecule has 0 radical (unpaired) electrons. The van der Waals surface area contributed by atoms with Gasteiger partial charge in [-0.15, -0.1) is 0 Å². The van der Waals surface area contributed by atoms with Crippen LogP contribution in [0.15, 0.2) is 42.5 Å². The van der Waals surface area contributed by atoms with Crippen LogP contribution in [0.2, 0.25) is 0 Å². The van der Waals surface area contributed by atoms with Crippen LogP contribution in [0.1, 0.15) is 37.7 Å². The number of rotatable bonds is 5. The van der Waals surface area contributed by atoms with Crippen LogP contribution in [0, 0.1) is 11.6 Å². The molecule has 174 valence electrons. The summed E-state index contributed by atoms with van der Waals surface area (Å²) in [7, 11) is 0. The molecule has 2 aromatic carbocycles. The molecule has 1 amide bonds. The van der Waals surface area contributed by atoms with Gasteiger partial charge in [0.05, 0.1) is 17.3 Å². The molecule has 1 aliphatic heterocycles. The smallest absolute Gasteiger partial charge is 0.475 e. The average molecular weight is 458 g/mol. The summed E-state index contributed by atoms with van der Waals surface area (Å²) in [6.45, 7) is 3.82. The highest BCUT2D eigenvalue weighted by molar-refractivity contribution is 5.98. The van der Waals surface area contributed by atoms with Crippen LogP contribution in [0.3, 0.4) is 0 Å². The van der Waals surface area contributed by atoms with E-state index in [2.05, 4.69) is 10.2 Å². The highest BCUT2D eigenvalue weighted by Crippen LogP contribution is 2.30. The third-order valence-corrected chi connectivity index (χ3v) is 4.92. The molecule has 0 bridgehead atoms. The predicted molar refractivity (Wildman–Crippen MR) is 110 cm³/mol. The second-order valence-electron chi connectivity index (χ2n) is 7.14. The zero-order valence-corrected chi connectivity index (χ0v) is 17.3. The van der Waals surface area contributed by atoms with E-state index < -0.39 is 29.7 Å². The van der Waals surface area contributed by atoms with Crippen LogP contribution in [-0.2, 0) is 9.59 Å². The van der Waals surface area contributed by atoms with Crippen molar-refractivity contribution in [3.63, 3.8) is 0 Å². The lowest BCUT2D eigenvalue weighted by Crippen LogP contribution is -2.24. The summed E-state index contributed by atoms with van der Waals surface area (Å²) in [5, 5.41) is 10.1. The van der Waals surface area contributed by atoms with Crippen LogP contribution < -0.4 is 10.2 Å². The van der Waals surface area contributed by atoms with E-state index in [4.69, 9.17) is 9.90 Å². The third-order valence-electron chi connectivity index (χ3n) is 4.92. The Labute approximate surface area is 181 Å². The monoisotopic (exact) mass is 458 g/mol. The second kappa shape index (κ2) is 10.9. The highest BCUT2D eigenvalue weighted by atomic mass is 19.4. The predicted octanol–water partition coefficient (Wildman–Crippen LogP) is 5.33. The Morgan fingerprint density at radius 3 is 2.19 bits per heavy atom. The van der Waals surface area contributed by atoms with Gasteiger partial charge in [-0.1, -0.05) is 25.1 Å². The Morgan fingerprint density at radius 2 is 1.66 bits per heavy atom. The number of carbonyl (C=O) groups excluding carboxylic acids is 1. The van der Waals surface area contributed by atoms with E-state index in [1.165, 1.54) is 6.07 Å². The average Bonchev–Trinajstić information content (AvgIpc) is 3.26. The number of nitrogens with one attached hydrogen (secondary N) is 1. The highest BCUT2D eigenvalue weighted by Gasteiger charge is 2.38. The van der Waals surface area contributed by atoms with Crippen molar-refractivity contribution in [2.24, 2.45) is 0 Å². The Kier molecular flexibility index (Phi) is 8.56. The number of para-hydroxylation sites is 2. The van der Waals surface area contributed by atoms with E-state index in [1.54, 1.807) is 0 Å². The van der Waals surface area contributed by atoms with Gasteiger partial charge in [-0.25, -0.2) is 13.6 Å². The first-order valence-electron chi connectivity index (χ1n) is 9.94. The number of aliphatic carboxylic acids is 1. The van der Waals surface area contributed by atoms with Crippen molar-refractivity contribution in [1.82, 2.24) is 0 Å². The molecule has 0 saturated carbocycles. The molecule has 1 fully saturated rings. The Hall–Kier alpha value is -3.17. The summed E-state index contributed by atoms with van der Waals surface area (Å²) >= 11 is 0. The summed E-state index contributed by atoms with van der Waals surface area (Å²) in [6, 6.07) is 11.4. The number of carboxylic acid groups (broad SMARTS) is 1. The number of hydrogen-bond acceptors (Lipinski definition) is 3. The molecule has 1 heterocycles. The molecule has 1 unspecified atom stereocenters. The van der Waals surface area contributed by atoms with Crippen molar-refractivity contribution >= 4 is 23.3 Å². The number of benzene rings is 2. The third kappa shape index (κ3) is 6.66.